The molecule has 2 aromatic heterocycles. The summed E-state index contributed by atoms with van der Waals surface area (Å²) in [4.78, 5) is 16.6. The van der Waals surface area contributed by atoms with Crippen LogP contribution in [0.1, 0.15) is 33.7 Å². The molecule has 0 radical (unpaired) electrons. The van der Waals surface area contributed by atoms with Crippen molar-refractivity contribution in [3.05, 3.63) is 33.0 Å². The summed E-state index contributed by atoms with van der Waals surface area (Å²) in [6.07, 6.45) is 3.35. The van der Waals surface area contributed by atoms with E-state index in [0.29, 0.717) is 16.7 Å². The van der Waals surface area contributed by atoms with E-state index in [0.717, 1.165) is 17.7 Å². The van der Waals surface area contributed by atoms with Gasteiger partial charge in [0.1, 0.15) is 23.3 Å². The van der Waals surface area contributed by atoms with E-state index in [-0.39, 0.29) is 11.5 Å². The zero-order valence-corrected chi connectivity index (χ0v) is 12.8. The van der Waals surface area contributed by atoms with Gasteiger partial charge in [0.25, 0.3) is 0 Å². The van der Waals surface area contributed by atoms with Crippen LogP contribution < -0.4 is 4.74 Å². The fourth-order valence-electron chi connectivity index (χ4n) is 1.75. The van der Waals surface area contributed by atoms with Crippen LogP contribution in [0.15, 0.2) is 12.3 Å². The third-order valence-electron chi connectivity index (χ3n) is 2.82. The maximum Gasteiger partial charge on any atom is 0.349 e. The van der Waals surface area contributed by atoms with E-state index in [1.807, 2.05) is 0 Å². The number of ether oxygens (including phenoxy) is 1. The summed E-state index contributed by atoms with van der Waals surface area (Å²) >= 11 is 7.15. The number of nitrogens with zero attached hydrogens (tertiary/aromatic N) is 2. The lowest BCUT2D eigenvalue weighted by molar-refractivity contribution is 0.0697. The normalized spacial score (nSPS) is 10.8. The third kappa shape index (κ3) is 3.13. The Hall–Kier alpha value is -1.53. The molecule has 0 aliphatic rings. The molecule has 0 bridgehead atoms. The van der Waals surface area contributed by atoms with Crippen LogP contribution in [0.2, 0.25) is 5.15 Å². The van der Waals surface area contributed by atoms with Crippen molar-refractivity contribution in [2.45, 2.75) is 26.4 Å². The molecule has 0 amide bonds. The van der Waals surface area contributed by atoms with Crippen LogP contribution in [0.4, 0.5) is 0 Å². The Bertz CT molecular complexity index is 621. The standard InChI is InChI=1S/C13H15ClN2O3S/c1-3-4-8-5-9(12(20-8)13(17)18)19-7-11-15-6-10(14)16(11)2/h5-6H,3-4,7H2,1-2H3,(H,17,18). The summed E-state index contributed by atoms with van der Waals surface area (Å²) in [6.45, 7) is 2.24. The number of hydrogen-bond acceptors (Lipinski definition) is 4. The van der Waals surface area contributed by atoms with Gasteiger partial charge in [-0.05, 0) is 12.5 Å². The minimum Gasteiger partial charge on any atom is -0.484 e. The zero-order chi connectivity index (χ0) is 14.7. The van der Waals surface area contributed by atoms with Gasteiger partial charge in [0.15, 0.2) is 4.88 Å². The van der Waals surface area contributed by atoms with Crippen molar-refractivity contribution in [2.24, 2.45) is 7.05 Å². The summed E-state index contributed by atoms with van der Waals surface area (Å²) in [5, 5.41) is 9.70. The fourth-order valence-corrected chi connectivity index (χ4v) is 2.94. The summed E-state index contributed by atoms with van der Waals surface area (Å²) < 4.78 is 7.29. The highest BCUT2D eigenvalue weighted by Crippen LogP contribution is 2.31. The lowest BCUT2D eigenvalue weighted by atomic mass is 10.3. The Kier molecular flexibility index (Phi) is 4.67. The first-order valence-electron chi connectivity index (χ1n) is 6.17. The minimum absolute atomic E-state index is 0.186. The first-order chi connectivity index (χ1) is 9.52. The summed E-state index contributed by atoms with van der Waals surface area (Å²) in [6, 6.07) is 1.79. The molecule has 0 aromatic carbocycles. The quantitative estimate of drug-likeness (QED) is 0.888. The lowest BCUT2D eigenvalue weighted by Crippen LogP contribution is -2.05. The molecule has 0 aliphatic carbocycles. The molecular formula is C13H15ClN2O3S. The number of carbonyl (C=O) groups is 1. The average Bonchev–Trinajstić information content (AvgIpc) is 2.94. The Labute approximate surface area is 125 Å². The molecule has 7 heteroatoms. The van der Waals surface area contributed by atoms with E-state index in [1.165, 1.54) is 17.5 Å². The van der Waals surface area contributed by atoms with E-state index < -0.39 is 5.97 Å². The number of rotatable bonds is 6. The highest BCUT2D eigenvalue weighted by Gasteiger charge is 2.17. The van der Waals surface area contributed by atoms with E-state index in [4.69, 9.17) is 16.3 Å². The Balaban J connectivity index is 2.15. The molecule has 20 heavy (non-hydrogen) atoms. The van der Waals surface area contributed by atoms with Crippen LogP contribution >= 0.6 is 22.9 Å². The smallest absolute Gasteiger partial charge is 0.349 e. The van der Waals surface area contributed by atoms with Crippen LogP contribution in [0.5, 0.6) is 5.75 Å². The first kappa shape index (κ1) is 14.9. The van der Waals surface area contributed by atoms with Crippen molar-refractivity contribution in [2.75, 3.05) is 0 Å². The molecule has 0 saturated carbocycles. The molecule has 5 nitrogen and oxygen atoms in total. The van der Waals surface area contributed by atoms with Gasteiger partial charge in [-0.3, -0.25) is 0 Å². The number of carboxylic acid groups (broad SMARTS) is 1. The molecule has 0 atom stereocenters. The molecule has 2 heterocycles. The molecule has 0 spiro atoms. The van der Waals surface area contributed by atoms with Crippen LogP contribution in [-0.2, 0) is 20.1 Å². The van der Waals surface area contributed by atoms with Gasteiger partial charge in [-0.25, -0.2) is 9.78 Å². The van der Waals surface area contributed by atoms with Crippen molar-refractivity contribution in [3.8, 4) is 5.75 Å². The number of imidazole rings is 1. The predicted octanol–water partition coefficient (Wildman–Crippen LogP) is 3.36. The van der Waals surface area contributed by atoms with E-state index in [2.05, 4.69) is 11.9 Å². The molecule has 108 valence electrons. The van der Waals surface area contributed by atoms with Crippen molar-refractivity contribution < 1.29 is 14.6 Å². The van der Waals surface area contributed by atoms with Gasteiger partial charge in [0.2, 0.25) is 0 Å². The van der Waals surface area contributed by atoms with Crippen molar-refractivity contribution in [1.82, 2.24) is 9.55 Å². The molecule has 0 fully saturated rings. The van der Waals surface area contributed by atoms with E-state index in [9.17, 15) is 9.90 Å². The second kappa shape index (κ2) is 6.28. The first-order valence-corrected chi connectivity index (χ1v) is 7.37. The maximum absolute atomic E-state index is 11.2. The summed E-state index contributed by atoms with van der Waals surface area (Å²) in [7, 11) is 1.78. The monoisotopic (exact) mass is 314 g/mol. The number of hydrogen-bond donors (Lipinski definition) is 1. The lowest BCUT2D eigenvalue weighted by Gasteiger charge is -2.05. The van der Waals surface area contributed by atoms with Crippen LogP contribution in [0.25, 0.3) is 0 Å². The van der Waals surface area contributed by atoms with Crippen molar-refractivity contribution in [1.29, 1.82) is 0 Å². The SMILES string of the molecule is CCCc1cc(OCc2ncc(Cl)n2C)c(C(=O)O)s1. The zero-order valence-electron chi connectivity index (χ0n) is 11.2. The van der Waals surface area contributed by atoms with Gasteiger partial charge < -0.3 is 14.4 Å². The van der Waals surface area contributed by atoms with Crippen molar-refractivity contribution >= 4 is 28.9 Å². The highest BCUT2D eigenvalue weighted by molar-refractivity contribution is 7.14. The molecule has 0 saturated heterocycles. The molecule has 2 aromatic rings. The second-order valence-electron chi connectivity index (χ2n) is 4.31. The largest absolute Gasteiger partial charge is 0.484 e. The minimum atomic E-state index is -0.967. The van der Waals surface area contributed by atoms with Gasteiger partial charge in [-0.2, -0.15) is 0 Å². The van der Waals surface area contributed by atoms with Crippen LogP contribution in [0, 0.1) is 0 Å². The van der Waals surface area contributed by atoms with Crippen LogP contribution in [-0.4, -0.2) is 20.6 Å². The van der Waals surface area contributed by atoms with E-state index >= 15 is 0 Å². The summed E-state index contributed by atoms with van der Waals surface area (Å²) in [5.74, 6) is 0.0740. The van der Waals surface area contributed by atoms with Crippen molar-refractivity contribution in [3.63, 3.8) is 0 Å². The number of aromatic nitrogens is 2. The third-order valence-corrected chi connectivity index (χ3v) is 4.34. The number of thiophene rings is 1. The molecule has 0 aliphatic heterocycles. The topological polar surface area (TPSA) is 64.4 Å². The molecular weight excluding hydrogens is 300 g/mol. The van der Waals surface area contributed by atoms with Gasteiger partial charge in [0, 0.05) is 11.9 Å². The number of aromatic carboxylic acids is 1. The van der Waals surface area contributed by atoms with Gasteiger partial charge in [-0.1, -0.05) is 24.9 Å². The van der Waals surface area contributed by atoms with Gasteiger partial charge in [-0.15, -0.1) is 11.3 Å². The summed E-state index contributed by atoms with van der Waals surface area (Å²) in [5.41, 5.74) is 0. The average molecular weight is 315 g/mol. The van der Waals surface area contributed by atoms with Gasteiger partial charge in [0.05, 0.1) is 6.20 Å². The molecule has 2 rings (SSSR count). The second-order valence-corrected chi connectivity index (χ2v) is 5.83. The Morgan fingerprint density at radius 3 is 2.90 bits per heavy atom. The van der Waals surface area contributed by atoms with Gasteiger partial charge >= 0.3 is 5.97 Å². The highest BCUT2D eigenvalue weighted by atomic mass is 35.5. The molecule has 1 N–H and O–H groups in total. The van der Waals surface area contributed by atoms with E-state index in [1.54, 1.807) is 17.7 Å². The van der Waals surface area contributed by atoms with Crippen LogP contribution in [0.3, 0.4) is 0 Å². The Morgan fingerprint density at radius 2 is 2.35 bits per heavy atom. The number of aryl methyl sites for hydroxylation is 1. The number of carboxylic acids is 1. The fraction of sp³-hybridized carbons (Fsp3) is 0.385. The predicted molar refractivity (Wildman–Crippen MR) is 77.8 cm³/mol. The molecule has 0 unspecified atom stereocenters. The number of halogens is 1. The Morgan fingerprint density at radius 1 is 1.60 bits per heavy atom. The maximum atomic E-state index is 11.2.